The van der Waals surface area contributed by atoms with Crippen LogP contribution in [0.2, 0.25) is 0 Å². The van der Waals surface area contributed by atoms with Gasteiger partial charge in [-0.15, -0.1) is 0 Å². The van der Waals surface area contributed by atoms with E-state index in [1.165, 1.54) is 19.2 Å². The summed E-state index contributed by atoms with van der Waals surface area (Å²) in [6, 6.07) is 4.51. The number of ether oxygens (including phenoxy) is 1. The van der Waals surface area contributed by atoms with Crippen LogP contribution in [0.5, 0.6) is 5.75 Å². The maximum absolute atomic E-state index is 14.0. The third-order valence-corrected chi connectivity index (χ3v) is 3.80. The molecule has 0 atom stereocenters. The topological polar surface area (TPSA) is 55.6 Å². The lowest BCUT2D eigenvalue weighted by atomic mass is 10.1. The molecule has 1 fully saturated rings. The zero-order valence-corrected chi connectivity index (χ0v) is 11.8. The summed E-state index contributed by atoms with van der Waals surface area (Å²) in [5.74, 6) is -0.415. The lowest BCUT2D eigenvalue weighted by molar-refractivity contribution is 0.0683. The Kier molecular flexibility index (Phi) is 4.95. The van der Waals surface area contributed by atoms with Gasteiger partial charge in [-0.3, -0.25) is 4.79 Å². The lowest BCUT2D eigenvalue weighted by Crippen LogP contribution is -2.42. The highest BCUT2D eigenvalue weighted by Gasteiger charge is 2.28. The van der Waals surface area contributed by atoms with Crippen molar-refractivity contribution in [2.24, 2.45) is 5.73 Å². The van der Waals surface area contributed by atoms with Gasteiger partial charge in [0.15, 0.2) is 0 Å². The second-order valence-corrected chi connectivity index (χ2v) is 5.07. The Bertz CT molecular complexity index is 473. The molecule has 0 spiro atoms. The first-order valence-electron chi connectivity index (χ1n) is 7.02. The van der Waals surface area contributed by atoms with Crippen molar-refractivity contribution in [3.05, 3.63) is 29.6 Å². The third-order valence-electron chi connectivity index (χ3n) is 3.80. The first-order chi connectivity index (χ1) is 9.67. The number of nitrogens with zero attached hydrogens (tertiary/aromatic N) is 1. The summed E-state index contributed by atoms with van der Waals surface area (Å²) in [6.07, 6.45) is 4.18. The van der Waals surface area contributed by atoms with Crippen molar-refractivity contribution in [2.45, 2.75) is 31.7 Å². The average molecular weight is 280 g/mol. The van der Waals surface area contributed by atoms with Crippen LogP contribution < -0.4 is 10.5 Å². The maximum atomic E-state index is 14.0. The number of halogens is 1. The van der Waals surface area contributed by atoms with Gasteiger partial charge in [-0.2, -0.15) is 0 Å². The van der Waals surface area contributed by atoms with Crippen molar-refractivity contribution < 1.29 is 13.9 Å². The van der Waals surface area contributed by atoms with E-state index in [1.807, 2.05) is 0 Å². The van der Waals surface area contributed by atoms with Crippen molar-refractivity contribution in [3.63, 3.8) is 0 Å². The minimum Gasteiger partial charge on any atom is -0.497 e. The van der Waals surface area contributed by atoms with E-state index in [1.54, 1.807) is 11.0 Å². The SMILES string of the molecule is COc1ccc(C(=O)N(CCN)C2CCCC2)c(F)c1. The van der Waals surface area contributed by atoms with Crippen molar-refractivity contribution >= 4 is 5.91 Å². The fraction of sp³-hybridized carbons (Fsp3) is 0.533. The number of carbonyl (C=O) groups is 1. The van der Waals surface area contributed by atoms with Crippen molar-refractivity contribution in [1.82, 2.24) is 4.90 Å². The van der Waals surface area contributed by atoms with E-state index < -0.39 is 5.82 Å². The van der Waals surface area contributed by atoms with Gasteiger partial charge < -0.3 is 15.4 Å². The molecule has 0 bridgehead atoms. The van der Waals surface area contributed by atoms with Crippen LogP contribution in [0, 0.1) is 5.82 Å². The standard InChI is InChI=1S/C15H21FN2O2/c1-20-12-6-7-13(14(16)10-12)15(19)18(9-8-17)11-4-2-3-5-11/h6-7,10-11H,2-5,8-9,17H2,1H3. The summed E-state index contributed by atoms with van der Waals surface area (Å²) in [5, 5.41) is 0. The van der Waals surface area contributed by atoms with E-state index in [0.29, 0.717) is 18.8 Å². The zero-order chi connectivity index (χ0) is 14.5. The molecule has 5 heteroatoms. The first-order valence-corrected chi connectivity index (χ1v) is 7.02. The van der Waals surface area contributed by atoms with Crippen LogP contribution in [0.3, 0.4) is 0 Å². The summed E-state index contributed by atoms with van der Waals surface area (Å²) in [6.45, 7) is 0.856. The van der Waals surface area contributed by atoms with Crippen LogP contribution in [-0.2, 0) is 0 Å². The van der Waals surface area contributed by atoms with Crippen LogP contribution in [0.4, 0.5) is 4.39 Å². The molecule has 20 heavy (non-hydrogen) atoms. The number of nitrogens with two attached hydrogens (primary N) is 1. The molecule has 0 aromatic heterocycles. The Morgan fingerprint density at radius 1 is 1.45 bits per heavy atom. The first kappa shape index (κ1) is 14.8. The highest BCUT2D eigenvalue weighted by molar-refractivity contribution is 5.94. The van der Waals surface area contributed by atoms with Crippen LogP contribution in [0.1, 0.15) is 36.0 Å². The molecule has 1 aliphatic carbocycles. The van der Waals surface area contributed by atoms with Gasteiger partial charge in [0.2, 0.25) is 0 Å². The normalized spacial score (nSPS) is 15.3. The lowest BCUT2D eigenvalue weighted by Gasteiger charge is -2.28. The number of hydrogen-bond acceptors (Lipinski definition) is 3. The highest BCUT2D eigenvalue weighted by atomic mass is 19.1. The van der Waals surface area contributed by atoms with Crippen LogP contribution >= 0.6 is 0 Å². The number of hydrogen-bond donors (Lipinski definition) is 1. The molecule has 0 saturated heterocycles. The molecule has 1 saturated carbocycles. The van der Waals surface area contributed by atoms with Gasteiger partial charge >= 0.3 is 0 Å². The van der Waals surface area contributed by atoms with E-state index in [9.17, 15) is 9.18 Å². The molecule has 0 radical (unpaired) electrons. The Morgan fingerprint density at radius 3 is 2.70 bits per heavy atom. The van der Waals surface area contributed by atoms with Gasteiger partial charge in [0.05, 0.1) is 12.7 Å². The largest absolute Gasteiger partial charge is 0.497 e. The molecule has 0 heterocycles. The van der Waals surface area contributed by atoms with Gasteiger partial charge in [0, 0.05) is 25.2 Å². The van der Waals surface area contributed by atoms with E-state index >= 15 is 0 Å². The van der Waals surface area contributed by atoms with Crippen molar-refractivity contribution in [3.8, 4) is 5.75 Å². The Balaban J connectivity index is 2.22. The predicted octanol–water partition coefficient (Wildman–Crippen LogP) is 2.18. The van der Waals surface area contributed by atoms with Gasteiger partial charge in [0.1, 0.15) is 11.6 Å². The molecule has 1 aromatic rings. The highest BCUT2D eigenvalue weighted by Crippen LogP contribution is 2.26. The van der Waals surface area contributed by atoms with Gasteiger partial charge in [0.25, 0.3) is 5.91 Å². The molecule has 1 aliphatic rings. The predicted molar refractivity (Wildman–Crippen MR) is 75.3 cm³/mol. The van der Waals surface area contributed by atoms with Crippen LogP contribution in [-0.4, -0.2) is 37.0 Å². The number of rotatable bonds is 5. The van der Waals surface area contributed by atoms with E-state index in [0.717, 1.165) is 25.7 Å². The Morgan fingerprint density at radius 2 is 2.15 bits per heavy atom. The zero-order valence-electron chi connectivity index (χ0n) is 11.8. The van der Waals surface area contributed by atoms with E-state index in [2.05, 4.69) is 0 Å². The molecule has 1 aromatic carbocycles. The molecule has 0 aliphatic heterocycles. The monoisotopic (exact) mass is 280 g/mol. The fourth-order valence-corrected chi connectivity index (χ4v) is 2.76. The Labute approximate surface area is 118 Å². The number of methoxy groups -OCH3 is 1. The summed E-state index contributed by atoms with van der Waals surface area (Å²) in [5.41, 5.74) is 5.68. The summed E-state index contributed by atoms with van der Waals surface area (Å²) in [4.78, 5) is 14.3. The average Bonchev–Trinajstić information content (AvgIpc) is 2.97. The van der Waals surface area contributed by atoms with Gasteiger partial charge in [-0.1, -0.05) is 12.8 Å². The maximum Gasteiger partial charge on any atom is 0.257 e. The second-order valence-electron chi connectivity index (χ2n) is 5.07. The molecular formula is C15H21FN2O2. The minimum atomic E-state index is -0.547. The minimum absolute atomic E-state index is 0.0890. The number of benzene rings is 1. The third kappa shape index (κ3) is 3.10. The smallest absolute Gasteiger partial charge is 0.257 e. The molecule has 110 valence electrons. The molecule has 4 nitrogen and oxygen atoms in total. The molecule has 2 N–H and O–H groups in total. The fourth-order valence-electron chi connectivity index (χ4n) is 2.76. The van der Waals surface area contributed by atoms with Crippen LogP contribution in [0.15, 0.2) is 18.2 Å². The molecule has 2 rings (SSSR count). The molecular weight excluding hydrogens is 259 g/mol. The van der Waals surface area contributed by atoms with E-state index in [4.69, 9.17) is 10.5 Å². The summed E-state index contributed by atoms with van der Waals surface area (Å²) in [7, 11) is 1.47. The molecule has 0 unspecified atom stereocenters. The van der Waals surface area contributed by atoms with Crippen molar-refractivity contribution in [1.29, 1.82) is 0 Å². The van der Waals surface area contributed by atoms with Gasteiger partial charge in [-0.25, -0.2) is 4.39 Å². The second kappa shape index (κ2) is 6.70. The van der Waals surface area contributed by atoms with Gasteiger partial charge in [-0.05, 0) is 25.0 Å². The molecule has 1 amide bonds. The number of carbonyl (C=O) groups excluding carboxylic acids is 1. The summed E-state index contributed by atoms with van der Waals surface area (Å²) < 4.78 is 19.0. The van der Waals surface area contributed by atoms with Crippen LogP contribution in [0.25, 0.3) is 0 Å². The number of amides is 1. The van der Waals surface area contributed by atoms with E-state index in [-0.39, 0.29) is 17.5 Å². The Hall–Kier alpha value is -1.62. The quantitative estimate of drug-likeness (QED) is 0.899. The summed E-state index contributed by atoms with van der Waals surface area (Å²) >= 11 is 0. The van der Waals surface area contributed by atoms with Crippen molar-refractivity contribution in [2.75, 3.05) is 20.2 Å².